The molecule has 14 heavy (non-hydrogen) atoms. The van der Waals surface area contributed by atoms with Gasteiger partial charge in [0.1, 0.15) is 5.82 Å². The molecule has 0 spiro atoms. The third-order valence-electron chi connectivity index (χ3n) is 2.38. The smallest absolute Gasteiger partial charge is 0.221 e. The number of hydrogen-bond acceptors (Lipinski definition) is 5. The van der Waals surface area contributed by atoms with Crippen LogP contribution in [0.1, 0.15) is 5.56 Å². The van der Waals surface area contributed by atoms with Crippen LogP contribution < -0.4 is 16.0 Å². The van der Waals surface area contributed by atoms with E-state index in [1.54, 1.807) is 6.20 Å². The zero-order chi connectivity index (χ0) is 9.97. The summed E-state index contributed by atoms with van der Waals surface area (Å²) in [6, 6.07) is 0. The van der Waals surface area contributed by atoms with Gasteiger partial charge in [-0.25, -0.2) is 4.98 Å². The molecule has 0 aromatic carbocycles. The molecule has 1 aromatic rings. The van der Waals surface area contributed by atoms with E-state index in [4.69, 9.17) is 5.73 Å². The van der Waals surface area contributed by atoms with E-state index in [0.717, 1.165) is 37.6 Å². The van der Waals surface area contributed by atoms with Crippen LogP contribution in [0, 0.1) is 6.92 Å². The molecule has 0 unspecified atom stereocenters. The van der Waals surface area contributed by atoms with Crippen LogP contribution in [0.5, 0.6) is 0 Å². The summed E-state index contributed by atoms with van der Waals surface area (Å²) in [7, 11) is 0. The number of nitrogen functional groups attached to an aromatic ring is 1. The van der Waals surface area contributed by atoms with E-state index in [1.165, 1.54) is 0 Å². The van der Waals surface area contributed by atoms with E-state index < -0.39 is 0 Å². The molecule has 0 amide bonds. The minimum Gasteiger partial charge on any atom is -0.368 e. The molecule has 0 bridgehead atoms. The third kappa shape index (κ3) is 1.77. The maximum Gasteiger partial charge on any atom is 0.221 e. The van der Waals surface area contributed by atoms with Crippen LogP contribution in [0.3, 0.4) is 0 Å². The lowest BCUT2D eigenvalue weighted by molar-refractivity contribution is 0.584. The molecule has 0 atom stereocenters. The van der Waals surface area contributed by atoms with Crippen LogP contribution in [0.15, 0.2) is 6.20 Å². The maximum absolute atomic E-state index is 5.57. The van der Waals surface area contributed by atoms with Crippen LogP contribution in [-0.4, -0.2) is 36.1 Å². The molecule has 5 heteroatoms. The SMILES string of the molecule is Cc1cnc(N)nc1N1CCNCC1. The average Bonchev–Trinajstić information content (AvgIpc) is 2.23. The summed E-state index contributed by atoms with van der Waals surface area (Å²) in [6.07, 6.45) is 1.78. The van der Waals surface area contributed by atoms with E-state index in [2.05, 4.69) is 20.2 Å². The fourth-order valence-corrected chi connectivity index (χ4v) is 1.64. The molecule has 3 N–H and O–H groups in total. The van der Waals surface area contributed by atoms with Gasteiger partial charge in [0.25, 0.3) is 0 Å². The highest BCUT2D eigenvalue weighted by Gasteiger charge is 2.14. The molecule has 5 nitrogen and oxygen atoms in total. The molecule has 0 radical (unpaired) electrons. The molecule has 0 saturated carbocycles. The predicted molar refractivity (Wildman–Crippen MR) is 56.3 cm³/mol. The van der Waals surface area contributed by atoms with Crippen LogP contribution in [0.25, 0.3) is 0 Å². The van der Waals surface area contributed by atoms with Gasteiger partial charge in [-0.1, -0.05) is 0 Å². The first-order valence-electron chi connectivity index (χ1n) is 4.82. The van der Waals surface area contributed by atoms with Gasteiger partial charge in [0.2, 0.25) is 5.95 Å². The van der Waals surface area contributed by atoms with E-state index >= 15 is 0 Å². The highest BCUT2D eigenvalue weighted by molar-refractivity contribution is 5.48. The van der Waals surface area contributed by atoms with Crippen molar-refractivity contribution in [3.05, 3.63) is 11.8 Å². The minimum absolute atomic E-state index is 0.351. The Bertz CT molecular complexity index is 319. The van der Waals surface area contributed by atoms with Crippen molar-refractivity contribution in [1.29, 1.82) is 0 Å². The summed E-state index contributed by atoms with van der Waals surface area (Å²) in [6.45, 7) is 5.98. The number of nitrogens with zero attached hydrogens (tertiary/aromatic N) is 3. The molecular weight excluding hydrogens is 178 g/mol. The summed E-state index contributed by atoms with van der Waals surface area (Å²) in [5.74, 6) is 1.32. The monoisotopic (exact) mass is 193 g/mol. The number of piperazine rings is 1. The first kappa shape index (κ1) is 9.21. The van der Waals surface area contributed by atoms with E-state index in [-0.39, 0.29) is 0 Å². The molecule has 1 aliphatic rings. The lowest BCUT2D eigenvalue weighted by Gasteiger charge is -2.29. The van der Waals surface area contributed by atoms with Gasteiger partial charge in [-0.15, -0.1) is 0 Å². The molecular formula is C9H15N5. The summed E-state index contributed by atoms with van der Waals surface area (Å²) in [4.78, 5) is 10.5. The van der Waals surface area contributed by atoms with E-state index in [0.29, 0.717) is 5.95 Å². The number of hydrogen-bond donors (Lipinski definition) is 2. The van der Waals surface area contributed by atoms with E-state index in [1.807, 2.05) is 6.92 Å². The topological polar surface area (TPSA) is 67.1 Å². The van der Waals surface area contributed by atoms with Gasteiger partial charge in [0.15, 0.2) is 0 Å². The zero-order valence-corrected chi connectivity index (χ0v) is 8.32. The van der Waals surface area contributed by atoms with Gasteiger partial charge >= 0.3 is 0 Å². The Hall–Kier alpha value is -1.36. The number of nitrogens with two attached hydrogens (primary N) is 1. The van der Waals surface area contributed by atoms with Crippen molar-refractivity contribution < 1.29 is 0 Å². The average molecular weight is 193 g/mol. The van der Waals surface area contributed by atoms with Crippen molar-refractivity contribution in [3.8, 4) is 0 Å². The molecule has 1 aliphatic heterocycles. The first-order chi connectivity index (χ1) is 6.77. The number of rotatable bonds is 1. The van der Waals surface area contributed by atoms with Crippen molar-refractivity contribution in [2.75, 3.05) is 36.8 Å². The highest BCUT2D eigenvalue weighted by Crippen LogP contribution is 2.16. The van der Waals surface area contributed by atoms with Crippen LogP contribution in [-0.2, 0) is 0 Å². The zero-order valence-electron chi connectivity index (χ0n) is 8.32. The summed E-state index contributed by atoms with van der Waals surface area (Å²) < 4.78 is 0. The Morgan fingerprint density at radius 3 is 2.86 bits per heavy atom. The molecule has 76 valence electrons. The van der Waals surface area contributed by atoms with Crippen molar-refractivity contribution in [2.45, 2.75) is 6.92 Å². The minimum atomic E-state index is 0.351. The largest absolute Gasteiger partial charge is 0.368 e. The summed E-state index contributed by atoms with van der Waals surface area (Å²) >= 11 is 0. The Morgan fingerprint density at radius 1 is 1.43 bits per heavy atom. The number of aryl methyl sites for hydroxylation is 1. The Labute approximate surface area is 83.3 Å². The molecule has 1 saturated heterocycles. The maximum atomic E-state index is 5.57. The van der Waals surface area contributed by atoms with Gasteiger partial charge in [-0.3, -0.25) is 0 Å². The molecule has 1 fully saturated rings. The van der Waals surface area contributed by atoms with Crippen LogP contribution >= 0.6 is 0 Å². The fourth-order valence-electron chi connectivity index (χ4n) is 1.64. The Morgan fingerprint density at radius 2 is 2.14 bits per heavy atom. The summed E-state index contributed by atoms with van der Waals surface area (Å²) in [5.41, 5.74) is 6.65. The van der Waals surface area contributed by atoms with Crippen molar-refractivity contribution >= 4 is 11.8 Å². The van der Waals surface area contributed by atoms with Gasteiger partial charge < -0.3 is 16.0 Å². The van der Waals surface area contributed by atoms with Crippen molar-refractivity contribution in [1.82, 2.24) is 15.3 Å². The second-order valence-electron chi connectivity index (χ2n) is 3.47. The second kappa shape index (κ2) is 3.79. The van der Waals surface area contributed by atoms with Crippen LogP contribution in [0.4, 0.5) is 11.8 Å². The van der Waals surface area contributed by atoms with Crippen molar-refractivity contribution in [2.24, 2.45) is 0 Å². The second-order valence-corrected chi connectivity index (χ2v) is 3.47. The first-order valence-corrected chi connectivity index (χ1v) is 4.82. The van der Waals surface area contributed by atoms with Crippen LogP contribution in [0.2, 0.25) is 0 Å². The van der Waals surface area contributed by atoms with Gasteiger partial charge in [-0.05, 0) is 6.92 Å². The quantitative estimate of drug-likeness (QED) is 0.645. The van der Waals surface area contributed by atoms with Gasteiger partial charge in [0, 0.05) is 37.9 Å². The predicted octanol–water partition coefficient (Wildman–Crippen LogP) is -0.223. The molecule has 2 heterocycles. The molecule has 2 rings (SSSR count). The van der Waals surface area contributed by atoms with Gasteiger partial charge in [0.05, 0.1) is 0 Å². The van der Waals surface area contributed by atoms with Gasteiger partial charge in [-0.2, -0.15) is 4.98 Å². The molecule has 0 aliphatic carbocycles. The fraction of sp³-hybridized carbons (Fsp3) is 0.556. The number of nitrogens with one attached hydrogen (secondary N) is 1. The lowest BCUT2D eigenvalue weighted by atomic mass is 10.3. The standard InChI is InChI=1S/C9H15N5/c1-7-6-12-9(10)13-8(7)14-4-2-11-3-5-14/h6,11H,2-5H2,1H3,(H2,10,12,13). The summed E-state index contributed by atoms with van der Waals surface area (Å²) in [5, 5.41) is 3.30. The highest BCUT2D eigenvalue weighted by atomic mass is 15.2. The van der Waals surface area contributed by atoms with Crippen molar-refractivity contribution in [3.63, 3.8) is 0 Å². The Kier molecular flexibility index (Phi) is 2.49. The number of aromatic nitrogens is 2. The lowest BCUT2D eigenvalue weighted by Crippen LogP contribution is -2.44. The normalized spacial score (nSPS) is 17.1. The molecule has 1 aromatic heterocycles. The number of anilines is 2. The Balaban J connectivity index is 2.24. The third-order valence-corrected chi connectivity index (χ3v) is 2.38. The van der Waals surface area contributed by atoms with E-state index in [9.17, 15) is 0 Å².